The molecule has 0 atom stereocenters. The summed E-state index contributed by atoms with van der Waals surface area (Å²) < 4.78 is 0. The van der Waals surface area contributed by atoms with Crippen LogP contribution in [0.2, 0.25) is 5.15 Å². The highest BCUT2D eigenvalue weighted by atomic mass is 35.5. The molecule has 2 N–H and O–H groups in total. The number of pyridine rings is 1. The van der Waals surface area contributed by atoms with E-state index in [9.17, 15) is 0 Å². The lowest BCUT2D eigenvalue weighted by Crippen LogP contribution is -1.91. The Morgan fingerprint density at radius 1 is 1.21 bits per heavy atom. The van der Waals surface area contributed by atoms with Crippen molar-refractivity contribution in [2.45, 2.75) is 0 Å². The third-order valence-electron chi connectivity index (χ3n) is 1.65. The average Bonchev–Trinajstić information content (AvgIpc) is 2.18. The van der Waals surface area contributed by atoms with Crippen molar-refractivity contribution in [1.82, 2.24) is 15.0 Å². The number of aromatic nitrogens is 3. The molecule has 2 aromatic heterocycles. The summed E-state index contributed by atoms with van der Waals surface area (Å²) in [6.45, 7) is 0. The quantitative estimate of drug-likeness (QED) is 0.773. The van der Waals surface area contributed by atoms with Crippen molar-refractivity contribution < 1.29 is 0 Å². The molecule has 14 heavy (non-hydrogen) atoms. The Bertz CT molecular complexity index is 415. The third-order valence-corrected chi connectivity index (χ3v) is 1.83. The van der Waals surface area contributed by atoms with Crippen molar-refractivity contribution in [2.24, 2.45) is 0 Å². The highest BCUT2D eigenvalue weighted by molar-refractivity contribution is 6.29. The van der Waals surface area contributed by atoms with Crippen molar-refractivity contribution in [1.29, 1.82) is 0 Å². The molecule has 0 saturated heterocycles. The predicted octanol–water partition coefficient (Wildman–Crippen LogP) is 1.77. The van der Waals surface area contributed by atoms with Gasteiger partial charge in [-0.3, -0.25) is 9.97 Å². The van der Waals surface area contributed by atoms with Crippen molar-refractivity contribution in [3.63, 3.8) is 0 Å². The van der Waals surface area contributed by atoms with Crippen LogP contribution in [0, 0.1) is 0 Å². The van der Waals surface area contributed by atoms with Crippen LogP contribution in [0.3, 0.4) is 0 Å². The summed E-state index contributed by atoms with van der Waals surface area (Å²) >= 11 is 5.70. The van der Waals surface area contributed by atoms with Gasteiger partial charge in [-0.2, -0.15) is 0 Å². The molecule has 0 amide bonds. The molecular weight excluding hydrogens is 200 g/mol. The predicted molar refractivity (Wildman–Crippen MR) is 54.7 cm³/mol. The molecule has 0 aromatic carbocycles. The lowest BCUT2D eigenvalue weighted by molar-refractivity contribution is 1.18. The van der Waals surface area contributed by atoms with Crippen LogP contribution in [0.1, 0.15) is 0 Å². The van der Waals surface area contributed by atoms with Crippen LogP contribution in [0.5, 0.6) is 0 Å². The van der Waals surface area contributed by atoms with E-state index in [0.29, 0.717) is 22.2 Å². The SMILES string of the molecule is Nc1ccnc(-c2cncc(Cl)n2)c1. The van der Waals surface area contributed by atoms with E-state index in [1.54, 1.807) is 24.5 Å². The fourth-order valence-corrected chi connectivity index (χ4v) is 1.20. The van der Waals surface area contributed by atoms with Gasteiger partial charge in [-0.1, -0.05) is 11.6 Å². The van der Waals surface area contributed by atoms with E-state index in [1.807, 2.05) is 0 Å². The van der Waals surface area contributed by atoms with Crippen LogP contribution in [0.4, 0.5) is 5.69 Å². The molecule has 0 saturated carbocycles. The van der Waals surface area contributed by atoms with E-state index in [1.165, 1.54) is 6.20 Å². The Labute approximate surface area is 85.8 Å². The standard InChI is InChI=1S/C9H7ClN4/c10-9-5-12-4-8(14-9)7-3-6(11)1-2-13-7/h1-5H,(H2,11,13). The van der Waals surface area contributed by atoms with E-state index >= 15 is 0 Å². The van der Waals surface area contributed by atoms with Gasteiger partial charge in [-0.15, -0.1) is 0 Å². The maximum atomic E-state index is 5.70. The van der Waals surface area contributed by atoms with Gasteiger partial charge in [-0.25, -0.2) is 4.98 Å². The van der Waals surface area contributed by atoms with Gasteiger partial charge in [-0.05, 0) is 12.1 Å². The van der Waals surface area contributed by atoms with Crippen molar-refractivity contribution in [2.75, 3.05) is 5.73 Å². The Hall–Kier alpha value is -1.68. The van der Waals surface area contributed by atoms with Gasteiger partial charge >= 0.3 is 0 Å². The number of anilines is 1. The Morgan fingerprint density at radius 3 is 2.79 bits per heavy atom. The van der Waals surface area contributed by atoms with Gasteiger partial charge in [0.25, 0.3) is 0 Å². The van der Waals surface area contributed by atoms with Crippen LogP contribution in [-0.2, 0) is 0 Å². The first kappa shape index (κ1) is 8.90. The molecule has 70 valence electrons. The molecule has 0 bridgehead atoms. The van der Waals surface area contributed by atoms with Crippen molar-refractivity contribution in [3.05, 3.63) is 35.9 Å². The summed E-state index contributed by atoms with van der Waals surface area (Å²) in [5.41, 5.74) is 7.53. The molecule has 4 nitrogen and oxygen atoms in total. The molecule has 0 spiro atoms. The van der Waals surface area contributed by atoms with E-state index < -0.39 is 0 Å². The number of hydrogen-bond donors (Lipinski definition) is 1. The molecule has 2 rings (SSSR count). The molecule has 0 aliphatic heterocycles. The Morgan fingerprint density at radius 2 is 2.07 bits per heavy atom. The van der Waals surface area contributed by atoms with Crippen LogP contribution in [0.25, 0.3) is 11.4 Å². The largest absolute Gasteiger partial charge is 0.399 e. The normalized spacial score (nSPS) is 10.1. The van der Waals surface area contributed by atoms with Crippen LogP contribution in [0.15, 0.2) is 30.7 Å². The highest BCUT2D eigenvalue weighted by Crippen LogP contribution is 2.16. The number of rotatable bonds is 1. The zero-order valence-corrected chi connectivity index (χ0v) is 7.94. The summed E-state index contributed by atoms with van der Waals surface area (Å²) in [5, 5.41) is 0.340. The lowest BCUT2D eigenvalue weighted by Gasteiger charge is -2.00. The molecular formula is C9H7ClN4. The van der Waals surface area contributed by atoms with Crippen LogP contribution in [-0.4, -0.2) is 15.0 Å². The minimum absolute atomic E-state index is 0.340. The van der Waals surface area contributed by atoms with Gasteiger partial charge in [0.2, 0.25) is 0 Å². The smallest absolute Gasteiger partial charge is 0.148 e. The van der Waals surface area contributed by atoms with E-state index in [4.69, 9.17) is 17.3 Å². The molecule has 0 unspecified atom stereocenters. The lowest BCUT2D eigenvalue weighted by atomic mass is 10.2. The summed E-state index contributed by atoms with van der Waals surface area (Å²) in [7, 11) is 0. The van der Waals surface area contributed by atoms with Gasteiger partial charge in [0, 0.05) is 11.9 Å². The molecule has 2 aromatic rings. The first-order valence-electron chi connectivity index (χ1n) is 3.95. The van der Waals surface area contributed by atoms with Gasteiger partial charge in [0.15, 0.2) is 0 Å². The zero-order valence-electron chi connectivity index (χ0n) is 7.18. The maximum Gasteiger partial charge on any atom is 0.148 e. The summed E-state index contributed by atoms with van der Waals surface area (Å²) in [5.74, 6) is 0. The van der Waals surface area contributed by atoms with Gasteiger partial charge in [0.05, 0.1) is 18.1 Å². The second-order valence-electron chi connectivity index (χ2n) is 2.70. The Kier molecular flexibility index (Phi) is 2.28. The topological polar surface area (TPSA) is 64.7 Å². The third kappa shape index (κ3) is 1.80. The second kappa shape index (κ2) is 3.59. The summed E-state index contributed by atoms with van der Waals surface area (Å²) in [6, 6.07) is 3.43. The van der Waals surface area contributed by atoms with Gasteiger partial charge < -0.3 is 5.73 Å². The molecule has 0 radical (unpaired) electrons. The fraction of sp³-hybridized carbons (Fsp3) is 0. The molecule has 0 fully saturated rings. The van der Waals surface area contributed by atoms with Gasteiger partial charge in [0.1, 0.15) is 10.8 Å². The van der Waals surface area contributed by atoms with Crippen LogP contribution < -0.4 is 5.73 Å². The average molecular weight is 207 g/mol. The van der Waals surface area contributed by atoms with Crippen molar-refractivity contribution >= 4 is 17.3 Å². The summed E-state index contributed by atoms with van der Waals surface area (Å²) in [4.78, 5) is 12.1. The first-order chi connectivity index (χ1) is 6.75. The zero-order chi connectivity index (χ0) is 9.97. The highest BCUT2D eigenvalue weighted by Gasteiger charge is 2.01. The fourth-order valence-electron chi connectivity index (χ4n) is 1.05. The molecule has 2 heterocycles. The second-order valence-corrected chi connectivity index (χ2v) is 3.09. The maximum absolute atomic E-state index is 5.70. The monoisotopic (exact) mass is 206 g/mol. The minimum atomic E-state index is 0.340. The van der Waals surface area contributed by atoms with Crippen molar-refractivity contribution in [3.8, 4) is 11.4 Å². The number of halogens is 1. The van der Waals surface area contributed by atoms with E-state index in [0.717, 1.165) is 0 Å². The van der Waals surface area contributed by atoms with E-state index in [2.05, 4.69) is 15.0 Å². The number of hydrogen-bond acceptors (Lipinski definition) is 4. The van der Waals surface area contributed by atoms with E-state index in [-0.39, 0.29) is 0 Å². The van der Waals surface area contributed by atoms with Crippen LogP contribution >= 0.6 is 11.6 Å². The molecule has 0 aliphatic rings. The molecule has 0 aliphatic carbocycles. The molecule has 5 heteroatoms. The summed E-state index contributed by atoms with van der Waals surface area (Å²) in [6.07, 6.45) is 4.68. The Balaban J connectivity index is 2.49. The number of nitrogens with zero attached hydrogens (tertiary/aromatic N) is 3. The number of nitrogen functional groups attached to an aromatic ring is 1. The minimum Gasteiger partial charge on any atom is -0.399 e. The first-order valence-corrected chi connectivity index (χ1v) is 4.33. The number of nitrogens with two attached hydrogens (primary N) is 1.